The maximum absolute atomic E-state index is 15.5. The number of carbonyl (C=O) groups excluding carboxylic acids is 3. The molecule has 2 N–H and O–H groups in total. The molecule has 16 unspecified atom stereocenters. The molecule has 1 aromatic heterocycles. The number of hydrogen-bond acceptors (Lipinski definition) is 11. The number of hydrogen-bond donors (Lipinski definition) is 2. The van der Waals surface area contributed by atoms with Gasteiger partial charge in [-0.3, -0.25) is 14.9 Å². The van der Waals surface area contributed by atoms with Crippen LogP contribution in [0.5, 0.6) is 0 Å². The standard InChI is InChI=1S/C51H64N2O9/c1-47(2)42-41(55)43(56)50(33-11-7-10-31(24-33)22-29-8-5-4-6-9-29)38(49(42)27-59-40(54)25-39(49)61-47)16-19-48(3)44(60-46(57)45-51(48,50)62-45)35-18-21-58-37(35)15-13-30-12-14-34-32(23-30)17-20-53-28-52-26-36(34)53/h4-6,8-9,17-18,20-21,30-34,36,38-39,42-45,52,56H,7,10-16,19,22-28H2,1-3H3. The van der Waals surface area contributed by atoms with Gasteiger partial charge in [-0.1, -0.05) is 62.6 Å². The first-order valence-corrected chi connectivity index (χ1v) is 24.1. The van der Waals surface area contributed by atoms with E-state index in [1.54, 1.807) is 6.26 Å². The van der Waals surface area contributed by atoms with Crippen LogP contribution in [-0.2, 0) is 46.2 Å². The van der Waals surface area contributed by atoms with Crippen molar-refractivity contribution in [2.75, 3.05) is 19.8 Å². The van der Waals surface area contributed by atoms with Crippen molar-refractivity contribution in [3.8, 4) is 0 Å². The van der Waals surface area contributed by atoms with Crippen LogP contribution in [0.4, 0.5) is 0 Å². The van der Waals surface area contributed by atoms with Gasteiger partial charge in [0.1, 0.15) is 30.2 Å². The van der Waals surface area contributed by atoms with Gasteiger partial charge in [-0.05, 0) is 119 Å². The molecule has 62 heavy (non-hydrogen) atoms. The van der Waals surface area contributed by atoms with E-state index in [0.717, 1.165) is 69.5 Å². The molecule has 9 fully saturated rings. The van der Waals surface area contributed by atoms with Crippen molar-refractivity contribution in [2.45, 2.75) is 146 Å². The van der Waals surface area contributed by atoms with E-state index in [2.05, 4.69) is 53.7 Å². The van der Waals surface area contributed by atoms with Gasteiger partial charge in [0.15, 0.2) is 11.9 Å². The third-order valence-corrected chi connectivity index (χ3v) is 19.3. The van der Waals surface area contributed by atoms with E-state index in [1.165, 1.54) is 24.8 Å². The normalized spacial score (nSPS) is 47.2. The summed E-state index contributed by atoms with van der Waals surface area (Å²) in [6.07, 6.45) is 14.1. The number of Topliss-reactive ketones (excluding diaryl/α,β-unsaturated/α-hetero) is 1. The molecule has 1 aromatic carbocycles. The second-order valence-corrected chi connectivity index (χ2v) is 22.2. The minimum Gasteiger partial charge on any atom is -0.469 e. The largest absolute Gasteiger partial charge is 0.469 e. The number of ketones is 1. The molecule has 12 rings (SSSR count). The fourth-order valence-corrected chi connectivity index (χ4v) is 17.1. The van der Waals surface area contributed by atoms with Crippen molar-refractivity contribution < 1.29 is 42.9 Å². The number of aliphatic hydroxyl groups is 1. The van der Waals surface area contributed by atoms with Gasteiger partial charge in [0.2, 0.25) is 0 Å². The van der Waals surface area contributed by atoms with Gasteiger partial charge in [-0.25, -0.2) is 4.79 Å². The number of ether oxygens (including phenoxy) is 4. The number of esters is 2. The number of nitrogens with one attached hydrogen (secondary N) is 1. The zero-order valence-corrected chi connectivity index (χ0v) is 36.6. The number of nitrogens with zero attached hydrogens (tertiary/aromatic N) is 1. The van der Waals surface area contributed by atoms with Crippen LogP contribution in [0.2, 0.25) is 0 Å². The van der Waals surface area contributed by atoms with Crippen LogP contribution >= 0.6 is 0 Å². The van der Waals surface area contributed by atoms with Gasteiger partial charge >= 0.3 is 11.9 Å². The third kappa shape index (κ3) is 5.28. The molecule has 4 aliphatic carbocycles. The molecule has 2 spiro atoms. The first-order valence-electron chi connectivity index (χ1n) is 24.1. The predicted molar refractivity (Wildman–Crippen MR) is 226 cm³/mol. The maximum Gasteiger partial charge on any atom is 0.339 e. The molecule has 0 bridgehead atoms. The van der Waals surface area contributed by atoms with Crippen LogP contribution in [0.25, 0.3) is 0 Å². The summed E-state index contributed by atoms with van der Waals surface area (Å²) in [6.45, 7) is 8.15. The smallest absolute Gasteiger partial charge is 0.339 e. The average molecular weight is 849 g/mol. The number of rotatable bonds is 7. The molecule has 10 aliphatic rings. The Bertz CT molecular complexity index is 2170. The number of cyclic esters (lactones) is 2. The molecule has 11 heteroatoms. The van der Waals surface area contributed by atoms with Crippen LogP contribution in [0.15, 0.2) is 59.4 Å². The fourth-order valence-electron chi connectivity index (χ4n) is 17.1. The lowest BCUT2D eigenvalue weighted by Gasteiger charge is -2.70. The number of benzene rings is 1. The van der Waals surface area contributed by atoms with Crippen molar-refractivity contribution in [1.29, 1.82) is 0 Å². The molecule has 0 amide bonds. The molecule has 0 radical (unpaired) electrons. The van der Waals surface area contributed by atoms with Crippen molar-refractivity contribution in [3.63, 3.8) is 0 Å². The quantitative estimate of drug-likeness (QED) is 0.223. The Labute approximate surface area is 365 Å². The molecule has 332 valence electrons. The lowest BCUT2D eigenvalue weighted by atomic mass is 9.32. The lowest BCUT2D eigenvalue weighted by molar-refractivity contribution is -0.276. The molecule has 5 saturated heterocycles. The highest BCUT2D eigenvalue weighted by atomic mass is 16.7. The number of carbonyl (C=O) groups is 3. The van der Waals surface area contributed by atoms with E-state index in [-0.39, 0.29) is 36.6 Å². The summed E-state index contributed by atoms with van der Waals surface area (Å²) in [7, 11) is 0. The van der Waals surface area contributed by atoms with Crippen molar-refractivity contribution >= 4 is 17.7 Å². The summed E-state index contributed by atoms with van der Waals surface area (Å²) in [5, 5.41) is 16.9. The molecule has 4 saturated carbocycles. The van der Waals surface area contributed by atoms with Gasteiger partial charge in [0.05, 0.1) is 37.0 Å². The summed E-state index contributed by atoms with van der Waals surface area (Å²) in [6, 6.07) is 13.2. The summed E-state index contributed by atoms with van der Waals surface area (Å²) in [5.41, 5.74) is -2.78. The highest BCUT2D eigenvalue weighted by molar-refractivity contribution is 5.92. The third-order valence-electron chi connectivity index (χ3n) is 19.3. The van der Waals surface area contributed by atoms with Crippen LogP contribution in [0.1, 0.15) is 114 Å². The van der Waals surface area contributed by atoms with Crippen molar-refractivity contribution in [2.24, 2.45) is 57.7 Å². The van der Waals surface area contributed by atoms with Gasteiger partial charge in [0, 0.05) is 40.8 Å². The highest BCUT2D eigenvalue weighted by Crippen LogP contribution is 2.82. The number of fused-ring (bicyclic) bond motifs is 4. The molecule has 7 heterocycles. The summed E-state index contributed by atoms with van der Waals surface area (Å²) in [5.74, 6) is 0.910. The topological polar surface area (TPSA) is 140 Å². The van der Waals surface area contributed by atoms with E-state index in [0.29, 0.717) is 42.6 Å². The molecule has 6 aliphatic heterocycles. The minimum absolute atomic E-state index is 0.0568. The Morgan fingerprint density at radius 3 is 2.65 bits per heavy atom. The summed E-state index contributed by atoms with van der Waals surface area (Å²) >= 11 is 0. The number of furan rings is 1. The molecule has 16 atom stereocenters. The average Bonchev–Trinajstić information content (AvgIpc) is 3.50. The minimum atomic E-state index is -1.40. The van der Waals surface area contributed by atoms with Crippen LogP contribution in [-0.4, -0.2) is 83.1 Å². The molecule has 11 nitrogen and oxygen atoms in total. The molecular weight excluding hydrogens is 785 g/mol. The number of allylic oxidation sites excluding steroid dienone is 1. The van der Waals surface area contributed by atoms with Gasteiger partial charge in [-0.2, -0.15) is 0 Å². The Kier molecular flexibility index (Phi) is 9.04. The zero-order valence-electron chi connectivity index (χ0n) is 36.6. The van der Waals surface area contributed by atoms with Gasteiger partial charge in [-0.15, -0.1) is 0 Å². The van der Waals surface area contributed by atoms with Gasteiger partial charge in [0.25, 0.3) is 0 Å². The SMILES string of the molecule is CC1(C)OC2CC(=O)OCC23C1C(=O)C(O)C1(C2CCCC(Cc4ccccc4)C2)C3CCC2(C)C(c3ccoc3CCC3CCC4C(C=CN5CNCC45)C3)OC(=O)C3OC321. The van der Waals surface area contributed by atoms with Crippen LogP contribution in [0.3, 0.4) is 0 Å². The predicted octanol–water partition coefficient (Wildman–Crippen LogP) is 6.86. The van der Waals surface area contributed by atoms with Crippen molar-refractivity contribution in [3.05, 3.63) is 71.8 Å². The first-order chi connectivity index (χ1) is 29.9. The highest BCUT2D eigenvalue weighted by Gasteiger charge is 2.93. The monoisotopic (exact) mass is 848 g/mol. The first kappa shape index (κ1) is 40.0. The van der Waals surface area contributed by atoms with E-state index in [4.69, 9.17) is 23.4 Å². The molecule has 2 aromatic rings. The number of epoxide rings is 1. The van der Waals surface area contributed by atoms with E-state index < -0.39 is 63.8 Å². The van der Waals surface area contributed by atoms with Crippen molar-refractivity contribution in [1.82, 2.24) is 10.2 Å². The van der Waals surface area contributed by atoms with E-state index >= 15 is 4.79 Å². The zero-order chi connectivity index (χ0) is 42.4. The second kappa shape index (κ2) is 14.0. The second-order valence-electron chi connectivity index (χ2n) is 22.2. The summed E-state index contributed by atoms with van der Waals surface area (Å²) in [4.78, 5) is 45.8. The number of aryl methyl sites for hydroxylation is 1. The van der Waals surface area contributed by atoms with Gasteiger partial charge < -0.3 is 33.4 Å². The maximum atomic E-state index is 15.5. The Morgan fingerprint density at radius 1 is 0.935 bits per heavy atom. The van der Waals surface area contributed by atoms with Crippen LogP contribution < -0.4 is 5.32 Å². The Balaban J connectivity index is 0.924. The number of aliphatic hydroxyl groups excluding tert-OH is 1. The van der Waals surface area contributed by atoms with Crippen LogP contribution in [0, 0.1) is 57.7 Å². The Hall–Kier alpha value is -3.51. The van der Waals surface area contributed by atoms with E-state index in [9.17, 15) is 14.7 Å². The Morgan fingerprint density at radius 2 is 1.79 bits per heavy atom. The lowest BCUT2D eigenvalue weighted by Crippen LogP contribution is -2.79. The molecular formula is C51H64N2O9. The van der Waals surface area contributed by atoms with E-state index in [1.807, 2.05) is 26.0 Å². The summed E-state index contributed by atoms with van der Waals surface area (Å²) < 4.78 is 33.0. The fraction of sp³-hybridized carbons (Fsp3) is 0.706.